The molecule has 0 aliphatic heterocycles. The van der Waals surface area contributed by atoms with Crippen LogP contribution < -0.4 is 4.74 Å². The molecule has 3 heteroatoms. The number of carbonyl (C=O) groups excluding carboxylic acids is 1. The van der Waals surface area contributed by atoms with Crippen LogP contribution in [0, 0.1) is 0 Å². The van der Waals surface area contributed by atoms with Crippen molar-refractivity contribution in [3.8, 4) is 5.75 Å². The van der Waals surface area contributed by atoms with Crippen molar-refractivity contribution in [2.45, 2.75) is 38.7 Å². The van der Waals surface area contributed by atoms with E-state index in [1.54, 1.807) is 19.0 Å². The van der Waals surface area contributed by atoms with Crippen LogP contribution in [0.3, 0.4) is 0 Å². The van der Waals surface area contributed by atoms with Crippen LogP contribution in [0.5, 0.6) is 5.75 Å². The van der Waals surface area contributed by atoms with Crippen molar-refractivity contribution < 1.29 is 9.53 Å². The summed E-state index contributed by atoms with van der Waals surface area (Å²) in [5.74, 6) is 1.18. The summed E-state index contributed by atoms with van der Waals surface area (Å²) in [7, 11) is 3.53. The van der Waals surface area contributed by atoms with Gasteiger partial charge in [0.25, 0.3) is 5.91 Å². The van der Waals surface area contributed by atoms with Gasteiger partial charge in [0.2, 0.25) is 0 Å². The molecule has 98 valence electrons. The highest BCUT2D eigenvalue weighted by molar-refractivity contribution is 5.96. The van der Waals surface area contributed by atoms with E-state index in [0.717, 1.165) is 18.6 Å². The normalized spacial score (nSPS) is 14.7. The molecule has 0 saturated heterocycles. The number of hydrogen-bond donors (Lipinski definition) is 0. The van der Waals surface area contributed by atoms with Crippen LogP contribution >= 0.6 is 0 Å². The molecule has 0 unspecified atom stereocenters. The zero-order valence-electron chi connectivity index (χ0n) is 11.6. The van der Waals surface area contributed by atoms with Gasteiger partial charge in [-0.15, -0.1) is 0 Å². The van der Waals surface area contributed by atoms with Gasteiger partial charge in [0.1, 0.15) is 5.75 Å². The lowest BCUT2D eigenvalue weighted by Crippen LogP contribution is -2.22. The topological polar surface area (TPSA) is 29.5 Å². The zero-order valence-corrected chi connectivity index (χ0v) is 11.6. The van der Waals surface area contributed by atoms with Gasteiger partial charge in [0, 0.05) is 14.1 Å². The van der Waals surface area contributed by atoms with Crippen LogP contribution in [0.15, 0.2) is 18.2 Å². The molecule has 2 rings (SSSR count). The first-order valence-electron chi connectivity index (χ1n) is 6.51. The first-order valence-corrected chi connectivity index (χ1v) is 6.51. The highest BCUT2D eigenvalue weighted by Gasteiger charge is 2.26. The molecule has 1 saturated carbocycles. The van der Waals surface area contributed by atoms with Gasteiger partial charge in [0.15, 0.2) is 0 Å². The monoisotopic (exact) mass is 247 g/mol. The van der Waals surface area contributed by atoms with Gasteiger partial charge in [-0.25, -0.2) is 0 Å². The molecular weight excluding hydrogens is 226 g/mol. The molecule has 1 aromatic rings. The molecule has 0 aromatic heterocycles. The second-order valence-corrected chi connectivity index (χ2v) is 5.43. The van der Waals surface area contributed by atoms with E-state index in [1.165, 1.54) is 5.56 Å². The summed E-state index contributed by atoms with van der Waals surface area (Å²) in [5.41, 5.74) is 1.87. The Bertz CT molecular complexity index is 448. The minimum absolute atomic E-state index is 0.000885. The van der Waals surface area contributed by atoms with E-state index in [2.05, 4.69) is 13.8 Å². The van der Waals surface area contributed by atoms with Crippen LogP contribution in [0.2, 0.25) is 0 Å². The molecule has 18 heavy (non-hydrogen) atoms. The predicted octanol–water partition coefficient (Wildman–Crippen LogP) is 3.05. The summed E-state index contributed by atoms with van der Waals surface area (Å²) < 4.78 is 5.87. The van der Waals surface area contributed by atoms with Crippen LogP contribution in [-0.4, -0.2) is 31.0 Å². The van der Waals surface area contributed by atoms with Gasteiger partial charge in [-0.05, 0) is 36.5 Å². The molecule has 0 heterocycles. The largest absolute Gasteiger partial charge is 0.490 e. The Balaban J connectivity index is 2.34. The molecule has 3 nitrogen and oxygen atoms in total. The van der Waals surface area contributed by atoms with E-state index in [9.17, 15) is 4.79 Å². The molecule has 0 bridgehead atoms. The first-order chi connectivity index (χ1) is 8.49. The predicted molar refractivity (Wildman–Crippen MR) is 72.2 cm³/mol. The second-order valence-electron chi connectivity index (χ2n) is 5.43. The van der Waals surface area contributed by atoms with Crippen molar-refractivity contribution >= 4 is 5.91 Å². The molecule has 0 N–H and O–H groups in total. The lowest BCUT2D eigenvalue weighted by atomic mass is 10.0. The average molecular weight is 247 g/mol. The minimum Gasteiger partial charge on any atom is -0.490 e. The van der Waals surface area contributed by atoms with E-state index in [1.807, 2.05) is 18.2 Å². The fourth-order valence-corrected chi connectivity index (χ4v) is 1.78. The highest BCUT2D eigenvalue weighted by atomic mass is 16.5. The quantitative estimate of drug-likeness (QED) is 0.818. The lowest BCUT2D eigenvalue weighted by Gasteiger charge is -2.16. The van der Waals surface area contributed by atoms with E-state index in [0.29, 0.717) is 17.6 Å². The molecule has 1 aliphatic carbocycles. The van der Waals surface area contributed by atoms with Crippen molar-refractivity contribution in [2.24, 2.45) is 0 Å². The van der Waals surface area contributed by atoms with Gasteiger partial charge in [-0.2, -0.15) is 0 Å². The maximum Gasteiger partial charge on any atom is 0.257 e. The third kappa shape index (κ3) is 2.84. The van der Waals surface area contributed by atoms with Gasteiger partial charge in [-0.1, -0.05) is 19.9 Å². The van der Waals surface area contributed by atoms with Gasteiger partial charge < -0.3 is 9.64 Å². The molecule has 0 radical (unpaired) electrons. The number of carbonyl (C=O) groups is 1. The molecule has 0 spiro atoms. The summed E-state index contributed by atoms with van der Waals surface area (Å²) in [6, 6.07) is 5.91. The fraction of sp³-hybridized carbons (Fsp3) is 0.533. The number of benzene rings is 1. The first kappa shape index (κ1) is 12.9. The smallest absolute Gasteiger partial charge is 0.257 e. The van der Waals surface area contributed by atoms with Crippen LogP contribution in [-0.2, 0) is 0 Å². The Kier molecular flexibility index (Phi) is 3.60. The van der Waals surface area contributed by atoms with Crippen molar-refractivity contribution in [1.82, 2.24) is 4.90 Å². The maximum absolute atomic E-state index is 12.1. The van der Waals surface area contributed by atoms with E-state index in [-0.39, 0.29) is 5.91 Å². The molecule has 0 atom stereocenters. The SMILES string of the molecule is CC(C)c1ccc(C(=O)N(C)C)c(OC2CC2)c1. The Hall–Kier alpha value is -1.51. The minimum atomic E-state index is 0.000885. The lowest BCUT2D eigenvalue weighted by molar-refractivity contribution is 0.0823. The van der Waals surface area contributed by atoms with Gasteiger partial charge in [0.05, 0.1) is 11.7 Å². The molecule has 1 amide bonds. The number of ether oxygens (including phenoxy) is 1. The molecule has 1 aliphatic rings. The Morgan fingerprint density at radius 2 is 2.00 bits per heavy atom. The van der Waals surface area contributed by atoms with E-state index < -0.39 is 0 Å². The summed E-state index contributed by atoms with van der Waals surface area (Å²) >= 11 is 0. The summed E-state index contributed by atoms with van der Waals surface area (Å²) in [5, 5.41) is 0. The zero-order chi connectivity index (χ0) is 13.3. The van der Waals surface area contributed by atoms with E-state index in [4.69, 9.17) is 4.74 Å². The average Bonchev–Trinajstić information content (AvgIpc) is 3.11. The third-order valence-electron chi connectivity index (χ3n) is 3.13. The Labute approximate surface area is 109 Å². The van der Waals surface area contributed by atoms with Crippen molar-refractivity contribution in [3.63, 3.8) is 0 Å². The van der Waals surface area contributed by atoms with Gasteiger partial charge in [-0.3, -0.25) is 4.79 Å². The number of rotatable bonds is 4. The Morgan fingerprint density at radius 1 is 1.33 bits per heavy atom. The van der Waals surface area contributed by atoms with Crippen molar-refractivity contribution in [1.29, 1.82) is 0 Å². The summed E-state index contributed by atoms with van der Waals surface area (Å²) in [4.78, 5) is 13.7. The van der Waals surface area contributed by atoms with Crippen LogP contribution in [0.4, 0.5) is 0 Å². The standard InChI is InChI=1S/C15H21NO2/c1-10(2)11-5-8-13(15(17)16(3)4)14(9-11)18-12-6-7-12/h5,8-10,12H,6-7H2,1-4H3. The third-order valence-corrected chi connectivity index (χ3v) is 3.13. The second kappa shape index (κ2) is 5.01. The van der Waals surface area contributed by atoms with E-state index >= 15 is 0 Å². The molecule has 1 aromatic carbocycles. The maximum atomic E-state index is 12.1. The number of hydrogen-bond acceptors (Lipinski definition) is 2. The summed E-state index contributed by atoms with van der Waals surface area (Å²) in [6.45, 7) is 4.29. The summed E-state index contributed by atoms with van der Waals surface area (Å²) in [6.07, 6.45) is 2.50. The van der Waals surface area contributed by atoms with Crippen LogP contribution in [0.1, 0.15) is 48.5 Å². The fourth-order valence-electron chi connectivity index (χ4n) is 1.78. The van der Waals surface area contributed by atoms with Gasteiger partial charge >= 0.3 is 0 Å². The Morgan fingerprint density at radius 3 is 2.50 bits per heavy atom. The van der Waals surface area contributed by atoms with Crippen molar-refractivity contribution in [2.75, 3.05) is 14.1 Å². The molecular formula is C15H21NO2. The molecule has 1 fully saturated rings. The number of amides is 1. The highest BCUT2D eigenvalue weighted by Crippen LogP contribution is 2.32. The van der Waals surface area contributed by atoms with Crippen molar-refractivity contribution in [3.05, 3.63) is 29.3 Å². The van der Waals surface area contributed by atoms with Crippen LogP contribution in [0.25, 0.3) is 0 Å². The number of nitrogens with zero attached hydrogens (tertiary/aromatic N) is 1.